The molecule has 5 heteroatoms. The number of hydrogen-bond acceptors (Lipinski definition) is 4. The van der Waals surface area contributed by atoms with Crippen LogP contribution in [0.2, 0.25) is 0 Å². The fourth-order valence-corrected chi connectivity index (χ4v) is 2.78. The zero-order valence-electron chi connectivity index (χ0n) is 12.8. The molecule has 2 rings (SSSR count). The van der Waals surface area contributed by atoms with Gasteiger partial charge < -0.3 is 21.2 Å². The van der Waals surface area contributed by atoms with Crippen molar-refractivity contribution < 1.29 is 5.21 Å². The summed E-state index contributed by atoms with van der Waals surface area (Å²) < 4.78 is 0. The van der Waals surface area contributed by atoms with Gasteiger partial charge in [-0.05, 0) is 44.0 Å². The third-order valence-electron chi connectivity index (χ3n) is 3.95. The summed E-state index contributed by atoms with van der Waals surface area (Å²) in [4.78, 5) is 2.55. The van der Waals surface area contributed by atoms with Crippen LogP contribution in [0, 0.1) is 5.92 Å². The topological polar surface area (TPSA) is 73.9 Å². The molecule has 1 aliphatic rings. The van der Waals surface area contributed by atoms with Gasteiger partial charge in [0.05, 0.1) is 0 Å². The number of rotatable bonds is 7. The summed E-state index contributed by atoms with van der Waals surface area (Å²) in [7, 11) is 0. The van der Waals surface area contributed by atoms with Crippen LogP contribution in [0.5, 0.6) is 0 Å². The summed E-state index contributed by atoms with van der Waals surface area (Å²) in [5.74, 6) is 0.813. The van der Waals surface area contributed by atoms with Gasteiger partial charge in [0.1, 0.15) is 0 Å². The van der Waals surface area contributed by atoms with Crippen molar-refractivity contribution in [1.82, 2.24) is 10.2 Å². The molecule has 0 spiro atoms. The zero-order valence-corrected chi connectivity index (χ0v) is 12.8. The van der Waals surface area contributed by atoms with Crippen molar-refractivity contribution in [2.24, 2.45) is 16.8 Å². The first kappa shape index (κ1) is 15.8. The number of benzene rings is 1. The molecule has 1 aromatic carbocycles. The SMILES string of the molecule is CC(CNCc1ccc(C(N)=NO)cc1)CN1CCCC1. The summed E-state index contributed by atoms with van der Waals surface area (Å²) in [6.07, 6.45) is 2.71. The van der Waals surface area contributed by atoms with E-state index >= 15 is 0 Å². The molecule has 0 aromatic heterocycles. The Morgan fingerprint density at radius 2 is 2.00 bits per heavy atom. The highest BCUT2D eigenvalue weighted by atomic mass is 16.4. The van der Waals surface area contributed by atoms with E-state index in [9.17, 15) is 0 Å². The van der Waals surface area contributed by atoms with Gasteiger partial charge in [0.15, 0.2) is 5.84 Å². The Morgan fingerprint density at radius 1 is 1.33 bits per heavy atom. The molecule has 1 atom stereocenters. The molecule has 0 radical (unpaired) electrons. The minimum atomic E-state index is 0.147. The lowest BCUT2D eigenvalue weighted by molar-refractivity contribution is 0.282. The molecule has 0 amide bonds. The summed E-state index contributed by atoms with van der Waals surface area (Å²) in [5, 5.41) is 15.1. The Balaban J connectivity index is 1.70. The predicted molar refractivity (Wildman–Crippen MR) is 85.5 cm³/mol. The fourth-order valence-electron chi connectivity index (χ4n) is 2.78. The van der Waals surface area contributed by atoms with Gasteiger partial charge in [0, 0.05) is 18.7 Å². The molecular weight excluding hydrogens is 264 g/mol. The van der Waals surface area contributed by atoms with Gasteiger partial charge in [0.25, 0.3) is 0 Å². The average molecular weight is 290 g/mol. The Labute approximate surface area is 126 Å². The summed E-state index contributed by atoms with van der Waals surface area (Å²) >= 11 is 0. The first-order valence-corrected chi connectivity index (χ1v) is 7.69. The van der Waals surface area contributed by atoms with Gasteiger partial charge in [0.2, 0.25) is 0 Å². The Hall–Kier alpha value is -1.59. The smallest absolute Gasteiger partial charge is 0.170 e. The number of oxime groups is 1. The molecule has 1 unspecified atom stereocenters. The number of nitrogens with zero attached hydrogens (tertiary/aromatic N) is 2. The van der Waals surface area contributed by atoms with Gasteiger partial charge in [-0.2, -0.15) is 0 Å². The third-order valence-corrected chi connectivity index (χ3v) is 3.95. The van der Waals surface area contributed by atoms with Crippen LogP contribution >= 0.6 is 0 Å². The lowest BCUT2D eigenvalue weighted by Crippen LogP contribution is -2.31. The average Bonchev–Trinajstić information content (AvgIpc) is 3.00. The maximum absolute atomic E-state index is 8.62. The number of amidine groups is 1. The van der Waals surface area contributed by atoms with Gasteiger partial charge in [-0.15, -0.1) is 0 Å². The second-order valence-electron chi connectivity index (χ2n) is 5.93. The molecule has 1 saturated heterocycles. The maximum atomic E-state index is 8.62. The Morgan fingerprint density at radius 3 is 2.62 bits per heavy atom. The first-order valence-electron chi connectivity index (χ1n) is 7.69. The summed E-state index contributed by atoms with van der Waals surface area (Å²) in [6, 6.07) is 7.76. The van der Waals surface area contributed by atoms with Gasteiger partial charge in [-0.25, -0.2) is 0 Å². The monoisotopic (exact) mass is 290 g/mol. The number of hydrogen-bond donors (Lipinski definition) is 3. The van der Waals surface area contributed by atoms with Crippen LogP contribution in [0.1, 0.15) is 30.9 Å². The normalized spacial score (nSPS) is 18.0. The van der Waals surface area contributed by atoms with Crippen molar-refractivity contribution in [2.45, 2.75) is 26.3 Å². The van der Waals surface area contributed by atoms with E-state index in [-0.39, 0.29) is 5.84 Å². The molecule has 4 N–H and O–H groups in total. The molecule has 1 aromatic rings. The van der Waals surface area contributed by atoms with Crippen LogP contribution in [0.15, 0.2) is 29.4 Å². The molecule has 1 fully saturated rings. The van der Waals surface area contributed by atoms with Crippen molar-refractivity contribution >= 4 is 5.84 Å². The minimum absolute atomic E-state index is 0.147. The third kappa shape index (κ3) is 5.02. The van der Waals surface area contributed by atoms with Crippen molar-refractivity contribution in [3.8, 4) is 0 Å². The molecule has 1 heterocycles. The van der Waals surface area contributed by atoms with Gasteiger partial charge in [-0.3, -0.25) is 0 Å². The van der Waals surface area contributed by atoms with Crippen LogP contribution in [-0.4, -0.2) is 42.1 Å². The van der Waals surface area contributed by atoms with E-state index in [4.69, 9.17) is 10.9 Å². The molecule has 0 bridgehead atoms. The highest BCUT2D eigenvalue weighted by Crippen LogP contribution is 2.10. The van der Waals surface area contributed by atoms with Crippen LogP contribution in [0.4, 0.5) is 0 Å². The Kier molecular flexibility index (Phi) is 6.02. The first-order chi connectivity index (χ1) is 10.2. The van der Waals surface area contributed by atoms with E-state index in [0.29, 0.717) is 5.92 Å². The van der Waals surface area contributed by atoms with Crippen molar-refractivity contribution in [3.63, 3.8) is 0 Å². The predicted octanol–water partition coefficient (Wildman–Crippen LogP) is 1.60. The maximum Gasteiger partial charge on any atom is 0.170 e. The van der Waals surface area contributed by atoms with Crippen LogP contribution in [-0.2, 0) is 6.54 Å². The second kappa shape index (κ2) is 8.00. The molecule has 21 heavy (non-hydrogen) atoms. The molecule has 5 nitrogen and oxygen atoms in total. The van der Waals surface area contributed by atoms with Crippen molar-refractivity contribution in [1.29, 1.82) is 0 Å². The van der Waals surface area contributed by atoms with E-state index in [0.717, 1.165) is 18.7 Å². The van der Waals surface area contributed by atoms with E-state index in [1.165, 1.54) is 38.0 Å². The fraction of sp³-hybridized carbons (Fsp3) is 0.562. The Bertz CT molecular complexity index is 452. The molecule has 0 aliphatic carbocycles. The second-order valence-corrected chi connectivity index (χ2v) is 5.93. The molecule has 1 aliphatic heterocycles. The van der Waals surface area contributed by atoms with E-state index in [1.807, 2.05) is 24.3 Å². The van der Waals surface area contributed by atoms with E-state index in [2.05, 4.69) is 22.3 Å². The lowest BCUT2D eigenvalue weighted by Gasteiger charge is -2.20. The summed E-state index contributed by atoms with van der Waals surface area (Å²) in [6.45, 7) is 7.89. The molecule has 0 saturated carbocycles. The summed E-state index contributed by atoms with van der Waals surface area (Å²) in [5.41, 5.74) is 7.49. The zero-order chi connectivity index (χ0) is 15.1. The lowest BCUT2D eigenvalue weighted by atomic mass is 10.1. The number of nitrogens with one attached hydrogen (secondary N) is 1. The number of nitrogens with two attached hydrogens (primary N) is 1. The molecular formula is C16H26N4O. The quantitative estimate of drug-likeness (QED) is 0.309. The van der Waals surface area contributed by atoms with Crippen molar-refractivity contribution in [2.75, 3.05) is 26.2 Å². The van der Waals surface area contributed by atoms with Gasteiger partial charge in [-0.1, -0.05) is 36.3 Å². The minimum Gasteiger partial charge on any atom is -0.409 e. The molecule has 116 valence electrons. The van der Waals surface area contributed by atoms with E-state index in [1.54, 1.807) is 0 Å². The van der Waals surface area contributed by atoms with E-state index < -0.39 is 0 Å². The highest BCUT2D eigenvalue weighted by Gasteiger charge is 2.14. The van der Waals surface area contributed by atoms with Crippen LogP contribution in [0.3, 0.4) is 0 Å². The van der Waals surface area contributed by atoms with Gasteiger partial charge >= 0.3 is 0 Å². The van der Waals surface area contributed by atoms with Crippen molar-refractivity contribution in [3.05, 3.63) is 35.4 Å². The van der Waals surface area contributed by atoms with Crippen LogP contribution < -0.4 is 11.1 Å². The van der Waals surface area contributed by atoms with Crippen LogP contribution in [0.25, 0.3) is 0 Å². The largest absolute Gasteiger partial charge is 0.409 e. The number of likely N-dealkylation sites (tertiary alicyclic amines) is 1. The standard InChI is InChI=1S/C16H26N4O/c1-13(12-20-8-2-3-9-20)10-18-11-14-4-6-15(7-5-14)16(17)19-21/h4-7,13,18,21H,2-3,8-12H2,1H3,(H2,17,19). The highest BCUT2D eigenvalue weighted by molar-refractivity contribution is 5.96.